The van der Waals surface area contributed by atoms with Crippen LogP contribution in [0, 0.1) is 11.7 Å². The third-order valence-corrected chi connectivity index (χ3v) is 6.10. The van der Waals surface area contributed by atoms with Gasteiger partial charge >= 0.3 is 0 Å². The van der Waals surface area contributed by atoms with Crippen LogP contribution in [-0.2, 0) is 10.0 Å². The average Bonchev–Trinajstić information content (AvgIpc) is 2.38. The van der Waals surface area contributed by atoms with Crippen molar-refractivity contribution in [3.05, 3.63) is 28.5 Å². The monoisotopic (exact) mass is 364 g/mol. The molecule has 2 rings (SSSR count). The summed E-state index contributed by atoms with van der Waals surface area (Å²) in [6, 6.07) is 3.41. The zero-order valence-corrected chi connectivity index (χ0v) is 13.6. The van der Waals surface area contributed by atoms with E-state index in [1.165, 1.54) is 6.07 Å². The van der Waals surface area contributed by atoms with E-state index in [1.54, 1.807) is 0 Å². The van der Waals surface area contributed by atoms with Crippen LogP contribution in [0.25, 0.3) is 0 Å². The molecule has 1 aliphatic rings. The van der Waals surface area contributed by atoms with Crippen molar-refractivity contribution >= 4 is 26.0 Å². The predicted molar refractivity (Wildman–Crippen MR) is 79.5 cm³/mol. The Morgan fingerprint density at radius 1 is 1.50 bits per heavy atom. The molecule has 2 N–H and O–H groups in total. The third-order valence-electron chi connectivity index (χ3n) is 3.57. The maximum Gasteiger partial charge on any atom is 0.241 e. The van der Waals surface area contributed by atoms with Crippen molar-refractivity contribution in [3.8, 4) is 0 Å². The van der Waals surface area contributed by atoms with E-state index >= 15 is 0 Å². The summed E-state index contributed by atoms with van der Waals surface area (Å²) in [5, 5.41) is 3.27. The summed E-state index contributed by atoms with van der Waals surface area (Å²) in [5.41, 5.74) is 0. The number of sulfonamides is 1. The van der Waals surface area contributed by atoms with E-state index in [0.717, 1.165) is 38.1 Å². The first-order chi connectivity index (χ1) is 9.40. The molecule has 0 spiro atoms. The van der Waals surface area contributed by atoms with Gasteiger partial charge in [0, 0.05) is 10.5 Å². The van der Waals surface area contributed by atoms with E-state index < -0.39 is 15.8 Å². The maximum absolute atomic E-state index is 13.0. The molecule has 0 bridgehead atoms. The molecule has 112 valence electrons. The van der Waals surface area contributed by atoms with Gasteiger partial charge in [-0.15, -0.1) is 0 Å². The van der Waals surface area contributed by atoms with Gasteiger partial charge in [-0.05, 0) is 72.9 Å². The highest BCUT2D eigenvalue weighted by molar-refractivity contribution is 9.10. The van der Waals surface area contributed by atoms with Crippen LogP contribution in [0.4, 0.5) is 4.39 Å². The quantitative estimate of drug-likeness (QED) is 0.861. The fourth-order valence-electron chi connectivity index (χ4n) is 2.40. The molecule has 0 aliphatic carbocycles. The molecule has 0 saturated carbocycles. The second-order valence-electron chi connectivity index (χ2n) is 5.09. The summed E-state index contributed by atoms with van der Waals surface area (Å²) in [7, 11) is -3.65. The van der Waals surface area contributed by atoms with Crippen molar-refractivity contribution in [2.75, 3.05) is 13.1 Å². The minimum absolute atomic E-state index is 0.0644. The fraction of sp³-hybridized carbons (Fsp3) is 0.538. The molecule has 20 heavy (non-hydrogen) atoms. The van der Waals surface area contributed by atoms with Crippen molar-refractivity contribution in [2.45, 2.75) is 30.7 Å². The van der Waals surface area contributed by atoms with Crippen LogP contribution in [0.1, 0.15) is 19.8 Å². The molecule has 1 aromatic carbocycles. The first-order valence-corrected chi connectivity index (χ1v) is 8.86. The van der Waals surface area contributed by atoms with E-state index in [1.807, 2.05) is 6.92 Å². The molecule has 2 unspecified atom stereocenters. The van der Waals surface area contributed by atoms with Crippen LogP contribution in [0.2, 0.25) is 0 Å². The number of halogens is 2. The average molecular weight is 365 g/mol. The standard InChI is InChI=1S/C13H18BrFN2O2S/c1-9(10-3-2-6-16-8-10)17-20(18,19)13-5-4-11(15)7-12(13)14/h4-5,7,9-10,16-17H,2-3,6,8H2,1H3. The van der Waals surface area contributed by atoms with Crippen molar-refractivity contribution < 1.29 is 12.8 Å². The molecule has 7 heteroatoms. The van der Waals surface area contributed by atoms with Gasteiger partial charge in [-0.2, -0.15) is 0 Å². The van der Waals surface area contributed by atoms with E-state index in [4.69, 9.17) is 0 Å². The maximum atomic E-state index is 13.0. The lowest BCUT2D eigenvalue weighted by Gasteiger charge is -2.28. The Labute approximate surface area is 127 Å². The SMILES string of the molecule is CC(NS(=O)(=O)c1ccc(F)cc1Br)C1CCCNC1. The van der Waals surface area contributed by atoms with Gasteiger partial charge in [0.1, 0.15) is 5.82 Å². The van der Waals surface area contributed by atoms with Gasteiger partial charge in [0.2, 0.25) is 10.0 Å². The van der Waals surface area contributed by atoms with Crippen molar-refractivity contribution in [2.24, 2.45) is 5.92 Å². The molecule has 1 aliphatic heterocycles. The van der Waals surface area contributed by atoms with Crippen molar-refractivity contribution in [1.82, 2.24) is 10.0 Å². The molecule has 4 nitrogen and oxygen atoms in total. The molecule has 1 saturated heterocycles. The third kappa shape index (κ3) is 3.78. The molecule has 1 heterocycles. The lowest BCUT2D eigenvalue weighted by atomic mass is 9.94. The van der Waals surface area contributed by atoms with Gasteiger partial charge in [0.25, 0.3) is 0 Å². The second kappa shape index (κ2) is 6.51. The summed E-state index contributed by atoms with van der Waals surface area (Å²) in [5.74, 6) is -0.196. The lowest BCUT2D eigenvalue weighted by Crippen LogP contribution is -2.44. The number of benzene rings is 1. The Morgan fingerprint density at radius 2 is 2.25 bits per heavy atom. The highest BCUT2D eigenvalue weighted by atomic mass is 79.9. The first-order valence-electron chi connectivity index (χ1n) is 6.58. The normalized spacial score (nSPS) is 21.6. The molecular weight excluding hydrogens is 347 g/mol. The Kier molecular flexibility index (Phi) is 5.17. The van der Waals surface area contributed by atoms with Crippen LogP contribution in [0.3, 0.4) is 0 Å². The number of nitrogens with one attached hydrogen (secondary N) is 2. The highest BCUT2D eigenvalue weighted by Crippen LogP contribution is 2.24. The molecular formula is C13H18BrFN2O2S. The van der Waals surface area contributed by atoms with Gasteiger partial charge in [0.05, 0.1) is 4.90 Å². The van der Waals surface area contributed by atoms with E-state index in [2.05, 4.69) is 26.0 Å². The van der Waals surface area contributed by atoms with Crippen molar-refractivity contribution in [3.63, 3.8) is 0 Å². The zero-order valence-electron chi connectivity index (χ0n) is 11.2. The van der Waals surface area contributed by atoms with Crippen LogP contribution in [0.15, 0.2) is 27.6 Å². The summed E-state index contributed by atoms with van der Waals surface area (Å²) < 4.78 is 40.6. The van der Waals surface area contributed by atoms with E-state index in [0.29, 0.717) is 0 Å². The minimum atomic E-state index is -3.65. The van der Waals surface area contributed by atoms with E-state index in [-0.39, 0.29) is 21.3 Å². The Balaban J connectivity index is 2.13. The number of hydrogen-bond donors (Lipinski definition) is 2. The van der Waals surface area contributed by atoms with Crippen LogP contribution < -0.4 is 10.0 Å². The molecule has 0 amide bonds. The van der Waals surface area contributed by atoms with Gasteiger partial charge in [-0.3, -0.25) is 0 Å². The summed E-state index contributed by atoms with van der Waals surface area (Å²) in [6.07, 6.45) is 2.05. The topological polar surface area (TPSA) is 58.2 Å². The van der Waals surface area contributed by atoms with Crippen LogP contribution in [0.5, 0.6) is 0 Å². The van der Waals surface area contributed by atoms with Gasteiger partial charge in [0.15, 0.2) is 0 Å². The van der Waals surface area contributed by atoms with E-state index in [9.17, 15) is 12.8 Å². The second-order valence-corrected chi connectivity index (χ2v) is 7.63. The minimum Gasteiger partial charge on any atom is -0.316 e. The van der Waals surface area contributed by atoms with Crippen molar-refractivity contribution in [1.29, 1.82) is 0 Å². The number of hydrogen-bond acceptors (Lipinski definition) is 3. The Bertz CT molecular complexity index is 574. The summed E-state index contributed by atoms with van der Waals surface area (Å²) >= 11 is 3.10. The highest BCUT2D eigenvalue weighted by Gasteiger charge is 2.26. The molecule has 0 aromatic heterocycles. The summed E-state index contributed by atoms with van der Waals surface area (Å²) in [4.78, 5) is 0.0644. The Hall–Kier alpha value is -0.500. The first kappa shape index (κ1) is 15.9. The molecule has 1 fully saturated rings. The smallest absolute Gasteiger partial charge is 0.241 e. The largest absolute Gasteiger partial charge is 0.316 e. The lowest BCUT2D eigenvalue weighted by molar-refractivity contribution is 0.320. The number of rotatable bonds is 4. The predicted octanol–water partition coefficient (Wildman–Crippen LogP) is 2.25. The van der Waals surface area contributed by atoms with Gasteiger partial charge in [-0.1, -0.05) is 0 Å². The molecule has 1 aromatic rings. The number of piperidine rings is 1. The van der Waals surface area contributed by atoms with Gasteiger partial charge < -0.3 is 5.32 Å². The Morgan fingerprint density at radius 3 is 2.85 bits per heavy atom. The summed E-state index contributed by atoms with van der Waals surface area (Å²) in [6.45, 7) is 3.67. The fourth-order valence-corrected chi connectivity index (χ4v) is 4.76. The molecule has 0 radical (unpaired) electrons. The molecule has 2 atom stereocenters. The van der Waals surface area contributed by atoms with Crippen LogP contribution >= 0.6 is 15.9 Å². The van der Waals surface area contributed by atoms with Gasteiger partial charge in [-0.25, -0.2) is 17.5 Å². The zero-order chi connectivity index (χ0) is 14.8. The van der Waals surface area contributed by atoms with Crippen LogP contribution in [-0.4, -0.2) is 27.5 Å².